The van der Waals surface area contributed by atoms with E-state index in [0.29, 0.717) is 13.1 Å². The second kappa shape index (κ2) is 16.1. The molecular weight excluding hydrogens is 328 g/mol. The monoisotopic (exact) mass is 370 g/mol. The number of carbonyl (C=O) groups excluding carboxylic acids is 2. The van der Waals surface area contributed by atoms with Crippen molar-refractivity contribution in [3.05, 3.63) is 0 Å². The summed E-state index contributed by atoms with van der Waals surface area (Å²) in [4.78, 5) is 22.4. The highest BCUT2D eigenvalue weighted by atomic mass is 16.4. The number of unbranched alkanes of at least 4 members (excludes halogenated alkanes) is 12. The third kappa shape index (κ3) is 17.7. The van der Waals surface area contributed by atoms with Crippen LogP contribution in [0.3, 0.4) is 0 Å². The van der Waals surface area contributed by atoms with Crippen LogP contribution in [0.15, 0.2) is 0 Å². The molecule has 5 heteroatoms. The number of rotatable bonds is 18. The van der Waals surface area contributed by atoms with Gasteiger partial charge >= 0.3 is 0 Å². The standard InChI is InChI=1S/C21H42N2O3/c1-4-5-6-7-8-9-10-11-12-13-14-15-16-17-20(24)22-19-23(2,3)18-21(25)26/h4-19H2,1-3H3,(H-,22,24,25,26). The van der Waals surface area contributed by atoms with E-state index in [0.717, 1.165) is 12.8 Å². The smallest absolute Gasteiger partial charge is 0.224 e. The first-order chi connectivity index (χ1) is 12.4. The topological polar surface area (TPSA) is 69.2 Å². The highest BCUT2D eigenvalue weighted by Crippen LogP contribution is 2.12. The molecule has 154 valence electrons. The molecule has 1 amide bonds. The third-order valence-corrected chi connectivity index (χ3v) is 4.77. The van der Waals surface area contributed by atoms with Gasteiger partial charge in [-0.1, -0.05) is 84.0 Å². The van der Waals surface area contributed by atoms with Crippen molar-refractivity contribution in [2.24, 2.45) is 0 Å². The zero-order valence-electron chi connectivity index (χ0n) is 17.5. The number of amides is 1. The Morgan fingerprint density at radius 3 is 1.62 bits per heavy atom. The van der Waals surface area contributed by atoms with E-state index in [1.54, 1.807) is 14.1 Å². The van der Waals surface area contributed by atoms with Crippen molar-refractivity contribution in [1.82, 2.24) is 5.32 Å². The van der Waals surface area contributed by atoms with Gasteiger partial charge in [0.1, 0.15) is 6.54 Å². The fourth-order valence-electron chi connectivity index (χ4n) is 3.10. The van der Waals surface area contributed by atoms with E-state index < -0.39 is 5.97 Å². The summed E-state index contributed by atoms with van der Waals surface area (Å²) in [5.74, 6) is -1.08. The van der Waals surface area contributed by atoms with Gasteiger partial charge in [0.15, 0.2) is 6.67 Å². The van der Waals surface area contributed by atoms with Crippen LogP contribution in [0.1, 0.15) is 96.8 Å². The SMILES string of the molecule is CCCCCCCCCCCCCCCC(=O)NC[N+](C)(C)CC(=O)[O-]. The lowest BCUT2D eigenvalue weighted by atomic mass is 10.0. The first-order valence-corrected chi connectivity index (χ1v) is 10.7. The van der Waals surface area contributed by atoms with Gasteiger partial charge in [-0.25, -0.2) is 0 Å². The predicted octanol–water partition coefficient (Wildman–Crippen LogP) is 3.37. The van der Waals surface area contributed by atoms with Crippen LogP contribution < -0.4 is 10.4 Å². The maximum absolute atomic E-state index is 11.8. The molecule has 5 nitrogen and oxygen atoms in total. The molecule has 0 spiro atoms. The van der Waals surface area contributed by atoms with E-state index in [1.165, 1.54) is 70.6 Å². The molecule has 0 rings (SSSR count). The van der Waals surface area contributed by atoms with Crippen molar-refractivity contribution in [3.8, 4) is 0 Å². The van der Waals surface area contributed by atoms with Gasteiger partial charge in [-0.3, -0.25) is 4.79 Å². The lowest BCUT2D eigenvalue weighted by Gasteiger charge is -2.29. The molecule has 0 heterocycles. The van der Waals surface area contributed by atoms with Crippen molar-refractivity contribution in [3.63, 3.8) is 0 Å². The minimum Gasteiger partial charge on any atom is -0.544 e. The van der Waals surface area contributed by atoms with Crippen molar-refractivity contribution in [2.45, 2.75) is 96.8 Å². The maximum atomic E-state index is 11.8. The fourth-order valence-corrected chi connectivity index (χ4v) is 3.10. The number of hydrogen-bond acceptors (Lipinski definition) is 3. The molecule has 0 aromatic rings. The Morgan fingerprint density at radius 1 is 0.769 bits per heavy atom. The summed E-state index contributed by atoms with van der Waals surface area (Å²) in [7, 11) is 3.53. The number of hydrogen-bond donors (Lipinski definition) is 1. The Labute approximate surface area is 161 Å². The second-order valence-electron chi connectivity index (χ2n) is 8.22. The van der Waals surface area contributed by atoms with E-state index >= 15 is 0 Å². The molecule has 1 N–H and O–H groups in total. The number of aliphatic carboxylic acids is 1. The molecule has 0 unspecified atom stereocenters. The van der Waals surface area contributed by atoms with E-state index in [-0.39, 0.29) is 16.9 Å². The van der Waals surface area contributed by atoms with Crippen LogP contribution in [-0.2, 0) is 9.59 Å². The average molecular weight is 371 g/mol. The Bertz CT molecular complexity index is 370. The normalized spacial score (nSPS) is 11.5. The molecule has 26 heavy (non-hydrogen) atoms. The lowest BCUT2D eigenvalue weighted by molar-refractivity contribution is -0.886. The molecule has 0 fully saturated rings. The Kier molecular flexibility index (Phi) is 15.4. The second-order valence-corrected chi connectivity index (χ2v) is 8.22. The third-order valence-electron chi connectivity index (χ3n) is 4.77. The highest BCUT2D eigenvalue weighted by Gasteiger charge is 2.16. The van der Waals surface area contributed by atoms with Crippen LogP contribution >= 0.6 is 0 Å². The lowest BCUT2D eigenvalue weighted by Crippen LogP contribution is -2.53. The van der Waals surface area contributed by atoms with E-state index in [4.69, 9.17) is 0 Å². The molecular formula is C21H42N2O3. The van der Waals surface area contributed by atoms with E-state index in [1.807, 2.05) is 0 Å². The average Bonchev–Trinajstić information content (AvgIpc) is 2.56. The molecule has 0 saturated carbocycles. The number of carboxylic acid groups (broad SMARTS) is 1. The van der Waals surface area contributed by atoms with Gasteiger partial charge in [0, 0.05) is 6.42 Å². The number of carbonyl (C=O) groups is 2. The van der Waals surface area contributed by atoms with Crippen molar-refractivity contribution in [1.29, 1.82) is 0 Å². The van der Waals surface area contributed by atoms with Gasteiger partial charge in [-0.05, 0) is 6.42 Å². The largest absolute Gasteiger partial charge is 0.544 e. The summed E-state index contributed by atoms with van der Waals surface area (Å²) in [5.41, 5.74) is 0. The van der Waals surface area contributed by atoms with Crippen molar-refractivity contribution in [2.75, 3.05) is 27.3 Å². The molecule has 0 radical (unpaired) electrons. The van der Waals surface area contributed by atoms with Gasteiger partial charge in [0.25, 0.3) is 0 Å². The number of nitrogens with one attached hydrogen (secondary N) is 1. The molecule has 0 saturated heterocycles. The molecule has 0 aliphatic heterocycles. The summed E-state index contributed by atoms with van der Waals surface area (Å²) in [6.45, 7) is 2.48. The zero-order chi connectivity index (χ0) is 19.7. The van der Waals surface area contributed by atoms with Crippen LogP contribution in [0.2, 0.25) is 0 Å². The van der Waals surface area contributed by atoms with Crippen LogP contribution in [-0.4, -0.2) is 43.7 Å². The number of quaternary nitrogens is 1. The zero-order valence-corrected chi connectivity index (χ0v) is 17.5. The van der Waals surface area contributed by atoms with E-state index in [9.17, 15) is 14.7 Å². The number of carboxylic acids is 1. The molecule has 0 aromatic carbocycles. The molecule has 0 atom stereocenters. The summed E-state index contributed by atoms with van der Waals surface area (Å²) in [5, 5.41) is 13.4. The molecule has 0 aromatic heterocycles. The fraction of sp³-hybridized carbons (Fsp3) is 0.905. The van der Waals surface area contributed by atoms with Crippen LogP contribution in [0.4, 0.5) is 0 Å². The number of likely N-dealkylation sites (N-methyl/N-ethyl adjacent to an activating group) is 1. The maximum Gasteiger partial charge on any atom is 0.224 e. The Morgan fingerprint density at radius 2 is 1.19 bits per heavy atom. The minimum atomic E-state index is -1.10. The quantitative estimate of drug-likeness (QED) is 0.228. The predicted molar refractivity (Wildman–Crippen MR) is 105 cm³/mol. The van der Waals surface area contributed by atoms with Crippen molar-refractivity contribution >= 4 is 11.9 Å². The van der Waals surface area contributed by atoms with Crippen molar-refractivity contribution < 1.29 is 19.2 Å². The van der Waals surface area contributed by atoms with Crippen LogP contribution in [0.5, 0.6) is 0 Å². The Balaban J connectivity index is 3.37. The first kappa shape index (κ1) is 24.9. The Hall–Kier alpha value is -1.10. The van der Waals surface area contributed by atoms with Crippen LogP contribution in [0, 0.1) is 0 Å². The molecule has 0 aliphatic rings. The van der Waals surface area contributed by atoms with Gasteiger partial charge in [0.05, 0.1) is 20.1 Å². The summed E-state index contributed by atoms with van der Waals surface area (Å²) in [6, 6.07) is 0. The van der Waals surface area contributed by atoms with Gasteiger partial charge < -0.3 is 19.7 Å². The summed E-state index contributed by atoms with van der Waals surface area (Å²) in [6.07, 6.45) is 17.3. The van der Waals surface area contributed by atoms with Gasteiger partial charge in [0.2, 0.25) is 5.91 Å². The van der Waals surface area contributed by atoms with Gasteiger partial charge in [-0.15, -0.1) is 0 Å². The van der Waals surface area contributed by atoms with E-state index in [2.05, 4.69) is 12.2 Å². The number of nitrogens with zero attached hydrogens (tertiary/aromatic N) is 1. The molecule has 0 aliphatic carbocycles. The molecule has 0 bridgehead atoms. The van der Waals surface area contributed by atoms with Gasteiger partial charge in [-0.2, -0.15) is 0 Å². The highest BCUT2D eigenvalue weighted by molar-refractivity contribution is 5.75. The summed E-state index contributed by atoms with van der Waals surface area (Å²) >= 11 is 0. The first-order valence-electron chi connectivity index (χ1n) is 10.7. The van der Waals surface area contributed by atoms with Crippen LogP contribution in [0.25, 0.3) is 0 Å². The minimum absolute atomic E-state index is 0.0117. The summed E-state index contributed by atoms with van der Waals surface area (Å²) < 4.78 is 0.201.